The second-order valence-electron chi connectivity index (χ2n) is 4.46. The van der Waals surface area contributed by atoms with Gasteiger partial charge in [-0.15, -0.1) is 11.3 Å². The molecule has 0 aliphatic rings. The summed E-state index contributed by atoms with van der Waals surface area (Å²) in [6.45, 7) is 0.576. The molecular weight excluding hydrogens is 320 g/mol. The lowest BCUT2D eigenvalue weighted by molar-refractivity contribution is 0.0997. The number of carbonyl (C=O) groups excluding carboxylic acids is 1. The van der Waals surface area contributed by atoms with Gasteiger partial charge in [0.05, 0.1) is 12.1 Å². The van der Waals surface area contributed by atoms with Crippen molar-refractivity contribution in [3.63, 3.8) is 0 Å². The van der Waals surface area contributed by atoms with Crippen molar-refractivity contribution in [2.24, 2.45) is 4.99 Å². The Morgan fingerprint density at radius 3 is 2.95 bits per heavy atom. The van der Waals surface area contributed by atoms with Gasteiger partial charge in [-0.05, 0) is 23.8 Å². The summed E-state index contributed by atoms with van der Waals surface area (Å²) in [6.07, 6.45) is 6.72. The Morgan fingerprint density at radius 1 is 1.32 bits per heavy atom. The molecular formula is C15H11ClN4OS. The van der Waals surface area contributed by atoms with E-state index in [9.17, 15) is 4.79 Å². The van der Waals surface area contributed by atoms with Gasteiger partial charge in [0.15, 0.2) is 4.80 Å². The molecule has 1 amide bonds. The topological polar surface area (TPSA) is 60.1 Å². The van der Waals surface area contributed by atoms with Crippen LogP contribution < -0.4 is 4.80 Å². The second kappa shape index (κ2) is 6.64. The lowest BCUT2D eigenvalue weighted by Crippen LogP contribution is -2.17. The number of aromatic nitrogens is 3. The number of pyridine rings is 2. The molecule has 3 aromatic heterocycles. The van der Waals surface area contributed by atoms with E-state index >= 15 is 0 Å². The van der Waals surface area contributed by atoms with Gasteiger partial charge < -0.3 is 4.57 Å². The third kappa shape index (κ3) is 3.47. The van der Waals surface area contributed by atoms with Crippen LogP contribution in [0, 0.1) is 0 Å². The highest BCUT2D eigenvalue weighted by atomic mass is 35.5. The first-order chi connectivity index (χ1) is 10.7. The Labute approximate surface area is 135 Å². The number of amides is 1. The van der Waals surface area contributed by atoms with Gasteiger partial charge in [-0.3, -0.25) is 9.78 Å². The first-order valence-corrected chi connectivity index (χ1v) is 7.71. The monoisotopic (exact) mass is 330 g/mol. The van der Waals surface area contributed by atoms with Crippen LogP contribution in [-0.4, -0.2) is 20.4 Å². The van der Waals surface area contributed by atoms with E-state index in [4.69, 9.17) is 11.6 Å². The molecule has 0 saturated heterocycles. The van der Waals surface area contributed by atoms with Crippen LogP contribution >= 0.6 is 22.9 Å². The minimum atomic E-state index is -0.307. The SMILES string of the molecule is O=C(N=c1sccn1Cc1ccc(Cl)nc1)c1cccnc1. The Kier molecular flexibility index (Phi) is 4.41. The number of hydrogen-bond acceptors (Lipinski definition) is 4. The van der Waals surface area contributed by atoms with E-state index in [2.05, 4.69) is 15.0 Å². The van der Waals surface area contributed by atoms with Crippen LogP contribution in [0.5, 0.6) is 0 Å². The third-order valence-corrected chi connectivity index (χ3v) is 3.93. The van der Waals surface area contributed by atoms with E-state index in [1.54, 1.807) is 30.6 Å². The van der Waals surface area contributed by atoms with Crippen molar-refractivity contribution in [3.05, 3.63) is 75.5 Å². The van der Waals surface area contributed by atoms with Crippen LogP contribution in [0.3, 0.4) is 0 Å². The molecule has 0 N–H and O–H groups in total. The summed E-state index contributed by atoms with van der Waals surface area (Å²) in [6, 6.07) is 7.04. The van der Waals surface area contributed by atoms with Crippen LogP contribution in [0.15, 0.2) is 59.4 Å². The average Bonchev–Trinajstić information content (AvgIpc) is 2.97. The first kappa shape index (κ1) is 14.6. The Balaban J connectivity index is 1.87. The van der Waals surface area contributed by atoms with Crippen LogP contribution in [0.1, 0.15) is 15.9 Å². The molecule has 0 unspecified atom stereocenters. The summed E-state index contributed by atoms with van der Waals surface area (Å²) >= 11 is 7.18. The Hall–Kier alpha value is -2.31. The molecule has 3 heterocycles. The van der Waals surface area contributed by atoms with Crippen molar-refractivity contribution in [2.75, 3.05) is 0 Å². The van der Waals surface area contributed by atoms with Crippen molar-refractivity contribution in [3.8, 4) is 0 Å². The zero-order valence-corrected chi connectivity index (χ0v) is 13.0. The van der Waals surface area contributed by atoms with Crippen LogP contribution in [0.2, 0.25) is 5.15 Å². The lowest BCUT2D eigenvalue weighted by Gasteiger charge is -2.02. The summed E-state index contributed by atoms with van der Waals surface area (Å²) in [5.74, 6) is -0.307. The Morgan fingerprint density at radius 2 is 2.23 bits per heavy atom. The highest BCUT2D eigenvalue weighted by Gasteiger charge is 2.05. The van der Waals surface area contributed by atoms with Gasteiger partial charge in [0.1, 0.15) is 5.15 Å². The Bertz CT molecular complexity index is 840. The molecule has 0 bridgehead atoms. The number of hydrogen-bond donors (Lipinski definition) is 0. The molecule has 0 fully saturated rings. The van der Waals surface area contributed by atoms with Gasteiger partial charge in [0.2, 0.25) is 0 Å². The number of nitrogens with zero attached hydrogens (tertiary/aromatic N) is 4. The van der Waals surface area contributed by atoms with Crippen molar-refractivity contribution < 1.29 is 4.79 Å². The van der Waals surface area contributed by atoms with Gasteiger partial charge in [-0.2, -0.15) is 4.99 Å². The van der Waals surface area contributed by atoms with Crippen LogP contribution in [0.25, 0.3) is 0 Å². The molecule has 0 aromatic carbocycles. The fraction of sp³-hybridized carbons (Fsp3) is 0.0667. The normalized spacial score (nSPS) is 11.6. The molecule has 110 valence electrons. The standard InChI is InChI=1S/C15H11ClN4OS/c16-13-4-3-11(8-18-13)10-20-6-7-22-15(20)19-14(21)12-2-1-5-17-9-12/h1-9H,10H2. The maximum absolute atomic E-state index is 12.1. The molecule has 3 aromatic rings. The molecule has 0 aliphatic heterocycles. The minimum Gasteiger partial charge on any atom is -0.319 e. The number of rotatable bonds is 3. The molecule has 0 aliphatic carbocycles. The average molecular weight is 331 g/mol. The van der Waals surface area contributed by atoms with Crippen molar-refractivity contribution in [1.29, 1.82) is 0 Å². The minimum absolute atomic E-state index is 0.307. The van der Waals surface area contributed by atoms with E-state index < -0.39 is 0 Å². The summed E-state index contributed by atoms with van der Waals surface area (Å²) < 4.78 is 1.89. The molecule has 0 saturated carbocycles. The fourth-order valence-corrected chi connectivity index (χ4v) is 2.68. The van der Waals surface area contributed by atoms with E-state index in [-0.39, 0.29) is 5.91 Å². The van der Waals surface area contributed by atoms with Gasteiger partial charge in [0, 0.05) is 30.2 Å². The van der Waals surface area contributed by atoms with E-state index in [1.165, 1.54) is 17.5 Å². The predicted octanol–water partition coefficient (Wildman–Crippen LogP) is 2.78. The highest BCUT2D eigenvalue weighted by molar-refractivity contribution is 7.07. The molecule has 22 heavy (non-hydrogen) atoms. The number of thiazole rings is 1. The molecule has 0 atom stereocenters. The first-order valence-electron chi connectivity index (χ1n) is 6.46. The predicted molar refractivity (Wildman–Crippen MR) is 84.8 cm³/mol. The zero-order valence-electron chi connectivity index (χ0n) is 11.4. The zero-order chi connectivity index (χ0) is 15.4. The maximum Gasteiger partial charge on any atom is 0.281 e. The third-order valence-electron chi connectivity index (χ3n) is 2.91. The summed E-state index contributed by atoms with van der Waals surface area (Å²) in [5.41, 5.74) is 1.45. The molecule has 0 spiro atoms. The molecule has 5 nitrogen and oxygen atoms in total. The van der Waals surface area contributed by atoms with Crippen LogP contribution in [0.4, 0.5) is 0 Å². The molecule has 3 rings (SSSR count). The van der Waals surface area contributed by atoms with Crippen molar-refractivity contribution >= 4 is 28.8 Å². The summed E-state index contributed by atoms with van der Waals surface area (Å²) in [5, 5.41) is 2.34. The number of carbonyl (C=O) groups is 1. The molecule has 7 heteroatoms. The van der Waals surface area contributed by atoms with E-state index in [0.29, 0.717) is 22.1 Å². The number of halogens is 1. The second-order valence-corrected chi connectivity index (χ2v) is 5.72. The lowest BCUT2D eigenvalue weighted by atomic mass is 10.3. The van der Waals surface area contributed by atoms with Crippen molar-refractivity contribution in [1.82, 2.24) is 14.5 Å². The summed E-state index contributed by atoms with van der Waals surface area (Å²) in [4.78, 5) is 24.9. The smallest absolute Gasteiger partial charge is 0.281 e. The van der Waals surface area contributed by atoms with Gasteiger partial charge in [0.25, 0.3) is 5.91 Å². The largest absolute Gasteiger partial charge is 0.319 e. The highest BCUT2D eigenvalue weighted by Crippen LogP contribution is 2.07. The quantitative estimate of drug-likeness (QED) is 0.694. The maximum atomic E-state index is 12.1. The van der Waals surface area contributed by atoms with Gasteiger partial charge >= 0.3 is 0 Å². The van der Waals surface area contributed by atoms with E-state index in [0.717, 1.165) is 5.56 Å². The van der Waals surface area contributed by atoms with Crippen LogP contribution in [-0.2, 0) is 6.54 Å². The summed E-state index contributed by atoms with van der Waals surface area (Å²) in [7, 11) is 0. The van der Waals surface area contributed by atoms with Gasteiger partial charge in [-0.1, -0.05) is 17.7 Å². The van der Waals surface area contributed by atoms with Crippen molar-refractivity contribution in [2.45, 2.75) is 6.54 Å². The molecule has 0 radical (unpaired) electrons. The van der Waals surface area contributed by atoms with Gasteiger partial charge in [-0.25, -0.2) is 4.98 Å². The fourth-order valence-electron chi connectivity index (χ4n) is 1.84. The van der Waals surface area contributed by atoms with E-state index in [1.807, 2.05) is 22.2 Å².